The van der Waals surface area contributed by atoms with Gasteiger partial charge in [0.25, 0.3) is 5.56 Å². The van der Waals surface area contributed by atoms with E-state index in [0.29, 0.717) is 43.1 Å². The number of hydrogen-bond donors (Lipinski definition) is 0. The average Bonchev–Trinajstić information content (AvgIpc) is 3.60. The minimum Gasteiger partial charge on any atom is -0.497 e. The number of nitrogens with zero attached hydrogens (tertiary/aromatic N) is 7. The van der Waals surface area contributed by atoms with Crippen LogP contribution in [0.2, 0.25) is 0 Å². The van der Waals surface area contributed by atoms with E-state index in [1.54, 1.807) is 38.2 Å². The van der Waals surface area contributed by atoms with Gasteiger partial charge in [0.2, 0.25) is 5.88 Å². The number of pyridine rings is 1. The van der Waals surface area contributed by atoms with Crippen molar-refractivity contribution in [3.05, 3.63) is 82.2 Å². The summed E-state index contributed by atoms with van der Waals surface area (Å²) in [5, 5.41) is 12.6. The summed E-state index contributed by atoms with van der Waals surface area (Å²) >= 11 is 0. The van der Waals surface area contributed by atoms with Crippen molar-refractivity contribution in [3.63, 3.8) is 0 Å². The molecule has 1 aliphatic carbocycles. The van der Waals surface area contributed by atoms with Gasteiger partial charge in [0.1, 0.15) is 22.9 Å². The first-order valence-electron chi connectivity index (χ1n) is 12.4. The SMILES string of the molecule is COc1ccc(CN(Cc2cn(C)nn2)c2cc(OCC3C[C@H]3c3ccc(OC)cn3)nn(C)c2=O)cc1. The van der Waals surface area contributed by atoms with Crippen molar-refractivity contribution in [2.75, 3.05) is 25.7 Å². The normalized spacial score (nSPS) is 16.2. The zero-order valence-corrected chi connectivity index (χ0v) is 21.9. The molecular weight excluding hydrogens is 486 g/mol. The van der Waals surface area contributed by atoms with E-state index in [9.17, 15) is 4.79 Å². The fourth-order valence-electron chi connectivity index (χ4n) is 4.42. The molecule has 0 saturated heterocycles. The molecule has 1 fully saturated rings. The monoisotopic (exact) mass is 517 g/mol. The van der Waals surface area contributed by atoms with Crippen molar-refractivity contribution in [2.45, 2.75) is 25.4 Å². The lowest BCUT2D eigenvalue weighted by Crippen LogP contribution is -2.32. The van der Waals surface area contributed by atoms with Gasteiger partial charge < -0.3 is 19.1 Å². The van der Waals surface area contributed by atoms with Gasteiger partial charge in [-0.05, 0) is 36.2 Å². The second-order valence-corrected chi connectivity index (χ2v) is 9.42. The van der Waals surface area contributed by atoms with Crippen molar-refractivity contribution in [1.82, 2.24) is 29.8 Å². The van der Waals surface area contributed by atoms with E-state index < -0.39 is 0 Å². The molecule has 0 bridgehead atoms. The lowest BCUT2D eigenvalue weighted by Gasteiger charge is -2.24. The van der Waals surface area contributed by atoms with Crippen LogP contribution in [0.5, 0.6) is 17.4 Å². The first kappa shape index (κ1) is 25.2. The molecule has 0 radical (unpaired) electrons. The van der Waals surface area contributed by atoms with Crippen LogP contribution in [0.25, 0.3) is 0 Å². The minimum absolute atomic E-state index is 0.221. The molecule has 3 heterocycles. The zero-order chi connectivity index (χ0) is 26.6. The third-order valence-corrected chi connectivity index (χ3v) is 6.64. The molecule has 11 heteroatoms. The predicted octanol–water partition coefficient (Wildman–Crippen LogP) is 2.71. The minimum atomic E-state index is -0.221. The fourth-order valence-corrected chi connectivity index (χ4v) is 4.42. The molecule has 2 atom stereocenters. The molecule has 1 aliphatic rings. The molecule has 1 aromatic carbocycles. The Hall–Kier alpha value is -4.41. The second-order valence-electron chi connectivity index (χ2n) is 9.42. The number of anilines is 1. The Morgan fingerprint density at radius 2 is 1.79 bits per heavy atom. The van der Waals surface area contributed by atoms with Crippen LogP contribution < -0.4 is 24.7 Å². The van der Waals surface area contributed by atoms with Crippen LogP contribution in [0.4, 0.5) is 5.69 Å². The summed E-state index contributed by atoms with van der Waals surface area (Å²) in [4.78, 5) is 19.7. The Bertz CT molecular complexity index is 1430. The number of rotatable bonds is 11. The van der Waals surface area contributed by atoms with Crippen LogP contribution in [0.3, 0.4) is 0 Å². The maximum Gasteiger partial charge on any atom is 0.290 e. The van der Waals surface area contributed by atoms with Gasteiger partial charge in [0.15, 0.2) is 0 Å². The van der Waals surface area contributed by atoms with Crippen molar-refractivity contribution in [3.8, 4) is 17.4 Å². The highest BCUT2D eigenvalue weighted by molar-refractivity contribution is 5.48. The van der Waals surface area contributed by atoms with E-state index in [-0.39, 0.29) is 5.56 Å². The molecule has 11 nitrogen and oxygen atoms in total. The van der Waals surface area contributed by atoms with Crippen LogP contribution in [-0.4, -0.2) is 50.6 Å². The van der Waals surface area contributed by atoms with Crippen LogP contribution in [0, 0.1) is 5.92 Å². The number of aromatic nitrogens is 6. The lowest BCUT2D eigenvalue weighted by molar-refractivity contribution is 0.277. The summed E-state index contributed by atoms with van der Waals surface area (Å²) in [7, 11) is 6.71. The van der Waals surface area contributed by atoms with E-state index in [2.05, 4.69) is 20.4 Å². The van der Waals surface area contributed by atoms with Crippen LogP contribution in [0.1, 0.15) is 29.3 Å². The quantitative estimate of drug-likeness (QED) is 0.297. The summed E-state index contributed by atoms with van der Waals surface area (Å²) in [6.45, 7) is 1.37. The molecule has 1 saturated carbocycles. The molecule has 198 valence electrons. The van der Waals surface area contributed by atoms with Gasteiger partial charge in [-0.1, -0.05) is 17.3 Å². The van der Waals surface area contributed by atoms with Crippen LogP contribution in [-0.2, 0) is 27.2 Å². The van der Waals surface area contributed by atoms with Gasteiger partial charge in [-0.3, -0.25) is 14.5 Å². The molecular formula is C27H31N7O4. The maximum atomic E-state index is 13.2. The number of aryl methyl sites for hydroxylation is 2. The molecule has 4 aromatic rings. The topological polar surface area (TPSA) is 109 Å². The lowest BCUT2D eigenvalue weighted by atomic mass is 10.2. The summed E-state index contributed by atoms with van der Waals surface area (Å²) < 4.78 is 19.5. The smallest absolute Gasteiger partial charge is 0.290 e. The largest absolute Gasteiger partial charge is 0.497 e. The maximum absolute atomic E-state index is 13.2. The Kier molecular flexibility index (Phi) is 7.25. The summed E-state index contributed by atoms with van der Waals surface area (Å²) in [5.41, 5.74) is 3.05. The van der Waals surface area contributed by atoms with Crippen molar-refractivity contribution in [1.29, 1.82) is 0 Å². The van der Waals surface area contributed by atoms with Crippen molar-refractivity contribution >= 4 is 5.69 Å². The highest BCUT2D eigenvalue weighted by Gasteiger charge is 2.40. The molecule has 0 spiro atoms. The van der Waals surface area contributed by atoms with Gasteiger partial charge >= 0.3 is 0 Å². The Balaban J connectivity index is 1.34. The van der Waals surface area contributed by atoms with Crippen LogP contribution >= 0.6 is 0 Å². The first-order chi connectivity index (χ1) is 18.4. The van der Waals surface area contributed by atoms with Gasteiger partial charge in [-0.2, -0.15) is 0 Å². The molecule has 5 rings (SSSR count). The standard InChI is InChI=1S/C27H31N7O4/c1-32-15-20(29-31-32)16-34(14-18-5-7-21(36-3)8-6-18)25-12-26(30-33(2)27(25)35)38-17-19-11-23(19)24-10-9-22(37-4)13-28-24/h5-10,12-13,15,19,23H,11,14,16-17H2,1-4H3/t19?,23-/m1/s1. The zero-order valence-electron chi connectivity index (χ0n) is 21.9. The van der Waals surface area contributed by atoms with E-state index in [1.807, 2.05) is 54.5 Å². The Morgan fingerprint density at radius 3 is 2.45 bits per heavy atom. The van der Waals surface area contributed by atoms with Gasteiger partial charge in [0, 0.05) is 50.4 Å². The summed E-state index contributed by atoms with van der Waals surface area (Å²) in [5.74, 6) is 2.59. The van der Waals surface area contributed by atoms with Crippen molar-refractivity contribution in [2.24, 2.45) is 20.0 Å². The van der Waals surface area contributed by atoms with Gasteiger partial charge in [-0.25, -0.2) is 4.68 Å². The molecule has 0 amide bonds. The van der Waals surface area contributed by atoms with E-state index in [4.69, 9.17) is 14.2 Å². The molecule has 0 N–H and O–H groups in total. The van der Waals surface area contributed by atoms with Gasteiger partial charge in [0.05, 0.1) is 33.6 Å². The average molecular weight is 518 g/mol. The van der Waals surface area contributed by atoms with E-state index in [1.165, 1.54) is 4.68 Å². The Labute approximate surface area is 220 Å². The molecule has 1 unspecified atom stereocenters. The predicted molar refractivity (Wildman–Crippen MR) is 140 cm³/mol. The Morgan fingerprint density at radius 1 is 1.03 bits per heavy atom. The first-order valence-corrected chi connectivity index (χ1v) is 12.4. The number of benzene rings is 1. The highest BCUT2D eigenvalue weighted by atomic mass is 16.5. The summed E-state index contributed by atoms with van der Waals surface area (Å²) in [6.07, 6.45) is 4.57. The third kappa shape index (κ3) is 5.77. The second kappa shape index (κ2) is 10.9. The fraction of sp³-hybridized carbons (Fsp3) is 0.370. The highest BCUT2D eigenvalue weighted by Crippen LogP contribution is 2.46. The third-order valence-electron chi connectivity index (χ3n) is 6.64. The number of ether oxygens (including phenoxy) is 3. The van der Waals surface area contributed by atoms with E-state index >= 15 is 0 Å². The molecule has 3 aromatic heterocycles. The molecule has 0 aliphatic heterocycles. The molecule has 38 heavy (non-hydrogen) atoms. The number of hydrogen-bond acceptors (Lipinski definition) is 9. The van der Waals surface area contributed by atoms with Crippen molar-refractivity contribution < 1.29 is 14.2 Å². The van der Waals surface area contributed by atoms with Gasteiger partial charge in [-0.15, -0.1) is 10.2 Å². The summed E-state index contributed by atoms with van der Waals surface area (Å²) in [6, 6.07) is 13.4. The van der Waals surface area contributed by atoms with E-state index in [0.717, 1.165) is 34.9 Å². The number of methoxy groups -OCH3 is 2. The van der Waals surface area contributed by atoms with Crippen LogP contribution in [0.15, 0.2) is 59.7 Å².